The monoisotopic (exact) mass is 292 g/mol. The van der Waals surface area contributed by atoms with Gasteiger partial charge in [0.05, 0.1) is 6.04 Å². The number of carbonyl (C=O) groups excluding carboxylic acids is 1. The van der Waals surface area contributed by atoms with Crippen molar-refractivity contribution in [1.82, 2.24) is 9.80 Å². The van der Waals surface area contributed by atoms with E-state index in [9.17, 15) is 4.79 Å². The first kappa shape index (κ1) is 14.1. The molecule has 1 saturated heterocycles. The Morgan fingerprint density at radius 3 is 2.55 bits per heavy atom. The summed E-state index contributed by atoms with van der Waals surface area (Å²) in [6.45, 7) is 6.18. The molecule has 20 heavy (non-hydrogen) atoms. The van der Waals surface area contributed by atoms with E-state index in [1.807, 2.05) is 19.1 Å². The third-order valence-electron chi connectivity index (χ3n) is 4.45. The summed E-state index contributed by atoms with van der Waals surface area (Å²) < 4.78 is 0. The second-order valence-corrected chi connectivity index (χ2v) is 6.29. The highest BCUT2D eigenvalue weighted by Crippen LogP contribution is 2.28. The van der Waals surface area contributed by atoms with E-state index in [-0.39, 0.29) is 11.8 Å². The van der Waals surface area contributed by atoms with Gasteiger partial charge in [-0.15, -0.1) is 0 Å². The van der Waals surface area contributed by atoms with E-state index >= 15 is 0 Å². The normalized spacial score (nSPS) is 22.7. The molecule has 0 bridgehead atoms. The average Bonchev–Trinajstić information content (AvgIpc) is 3.30. The van der Waals surface area contributed by atoms with Crippen LogP contribution >= 0.6 is 11.6 Å². The first-order valence-electron chi connectivity index (χ1n) is 7.43. The number of rotatable bonds is 4. The Kier molecular flexibility index (Phi) is 4.11. The molecule has 3 rings (SSSR count). The number of benzene rings is 1. The number of hydrogen-bond donors (Lipinski definition) is 0. The lowest BCUT2D eigenvalue weighted by Gasteiger charge is -2.37. The minimum atomic E-state index is -0.0604. The summed E-state index contributed by atoms with van der Waals surface area (Å²) >= 11 is 5.97. The number of halogens is 1. The topological polar surface area (TPSA) is 23.6 Å². The maximum Gasteiger partial charge on any atom is 0.179 e. The van der Waals surface area contributed by atoms with Crippen LogP contribution in [0.3, 0.4) is 0 Å². The van der Waals surface area contributed by atoms with Crippen molar-refractivity contribution in [2.75, 3.05) is 26.2 Å². The van der Waals surface area contributed by atoms with Crippen LogP contribution in [0.15, 0.2) is 24.3 Å². The Bertz CT molecular complexity index is 493. The molecule has 1 saturated carbocycles. The quantitative estimate of drug-likeness (QED) is 0.797. The van der Waals surface area contributed by atoms with E-state index in [4.69, 9.17) is 11.6 Å². The van der Waals surface area contributed by atoms with Crippen LogP contribution in [0.25, 0.3) is 0 Å². The molecular formula is C16H21ClN2O. The van der Waals surface area contributed by atoms with Gasteiger partial charge < -0.3 is 0 Å². The fraction of sp³-hybridized carbons (Fsp3) is 0.562. The van der Waals surface area contributed by atoms with E-state index < -0.39 is 0 Å². The fourth-order valence-corrected chi connectivity index (χ4v) is 3.17. The predicted molar refractivity (Wildman–Crippen MR) is 81.4 cm³/mol. The van der Waals surface area contributed by atoms with E-state index in [1.165, 1.54) is 12.8 Å². The molecule has 0 aromatic heterocycles. The predicted octanol–water partition coefficient (Wildman–Crippen LogP) is 2.69. The summed E-state index contributed by atoms with van der Waals surface area (Å²) in [5.41, 5.74) is 0.717. The maximum atomic E-state index is 12.5. The first-order valence-corrected chi connectivity index (χ1v) is 7.81. The van der Waals surface area contributed by atoms with Crippen molar-refractivity contribution >= 4 is 17.4 Å². The lowest BCUT2D eigenvalue weighted by atomic mass is 10.0. The Morgan fingerprint density at radius 1 is 1.25 bits per heavy atom. The van der Waals surface area contributed by atoms with Crippen molar-refractivity contribution in [2.45, 2.75) is 31.8 Å². The summed E-state index contributed by atoms with van der Waals surface area (Å²) in [7, 11) is 0. The highest BCUT2D eigenvalue weighted by molar-refractivity contribution is 6.31. The molecule has 2 fully saturated rings. The van der Waals surface area contributed by atoms with Crippen molar-refractivity contribution in [2.24, 2.45) is 0 Å². The van der Waals surface area contributed by atoms with Crippen LogP contribution in [0.1, 0.15) is 30.1 Å². The summed E-state index contributed by atoms with van der Waals surface area (Å²) in [5, 5.41) is 0.626. The van der Waals surface area contributed by atoms with Crippen molar-refractivity contribution in [3.05, 3.63) is 34.9 Å². The van der Waals surface area contributed by atoms with Crippen LogP contribution in [-0.4, -0.2) is 53.8 Å². The molecule has 0 amide bonds. The van der Waals surface area contributed by atoms with E-state index in [1.54, 1.807) is 12.1 Å². The second-order valence-electron chi connectivity index (χ2n) is 5.85. The molecule has 1 heterocycles. The Balaban J connectivity index is 1.60. The first-order chi connectivity index (χ1) is 9.65. The molecule has 1 aliphatic carbocycles. The second kappa shape index (κ2) is 5.84. The van der Waals surface area contributed by atoms with E-state index in [0.29, 0.717) is 5.02 Å². The lowest BCUT2D eigenvalue weighted by molar-refractivity contribution is 0.0687. The van der Waals surface area contributed by atoms with Crippen LogP contribution in [0.2, 0.25) is 5.02 Å². The van der Waals surface area contributed by atoms with Gasteiger partial charge in [-0.3, -0.25) is 14.6 Å². The highest BCUT2D eigenvalue weighted by Gasteiger charge is 2.33. The molecule has 2 aliphatic rings. The minimum absolute atomic E-state index is 0.0604. The number of Topliss-reactive ketones (excluding diaryl/α,β-unsaturated/α-hetero) is 1. The lowest BCUT2D eigenvalue weighted by Crippen LogP contribution is -2.52. The number of hydrogen-bond acceptors (Lipinski definition) is 3. The third kappa shape index (κ3) is 3.05. The molecule has 1 aromatic rings. The van der Waals surface area contributed by atoms with Crippen LogP contribution < -0.4 is 0 Å². The minimum Gasteiger partial charge on any atom is -0.298 e. The Morgan fingerprint density at radius 2 is 1.95 bits per heavy atom. The molecule has 1 aliphatic heterocycles. The molecule has 108 valence electrons. The van der Waals surface area contributed by atoms with Gasteiger partial charge in [-0.25, -0.2) is 0 Å². The fourth-order valence-electron chi connectivity index (χ4n) is 2.98. The summed E-state index contributed by atoms with van der Waals surface area (Å²) in [6.07, 6.45) is 2.72. The SMILES string of the molecule is CC(C(=O)c1cccc(Cl)c1)N1CCN(C2CC2)CC1. The number of nitrogens with zero attached hydrogens (tertiary/aromatic N) is 2. The van der Waals surface area contributed by atoms with E-state index in [2.05, 4.69) is 9.80 Å². The zero-order chi connectivity index (χ0) is 14.1. The van der Waals surface area contributed by atoms with Gasteiger partial charge in [-0.1, -0.05) is 23.7 Å². The molecular weight excluding hydrogens is 272 g/mol. The molecule has 4 heteroatoms. The van der Waals surface area contributed by atoms with Crippen molar-refractivity contribution in [3.63, 3.8) is 0 Å². The standard InChI is InChI=1S/C16H21ClN2O/c1-12(16(20)13-3-2-4-14(17)11-13)18-7-9-19(10-8-18)15-5-6-15/h2-4,11-12,15H,5-10H2,1H3. The molecule has 1 unspecified atom stereocenters. The number of ketones is 1. The van der Waals surface area contributed by atoms with Gasteiger partial charge in [0.15, 0.2) is 5.78 Å². The van der Waals surface area contributed by atoms with Gasteiger partial charge in [-0.2, -0.15) is 0 Å². The molecule has 0 N–H and O–H groups in total. The van der Waals surface area contributed by atoms with Crippen LogP contribution in [0, 0.1) is 0 Å². The summed E-state index contributed by atoms with van der Waals surface area (Å²) in [5.74, 6) is 0.173. The van der Waals surface area contributed by atoms with Crippen LogP contribution in [0.4, 0.5) is 0 Å². The highest BCUT2D eigenvalue weighted by atomic mass is 35.5. The van der Waals surface area contributed by atoms with Gasteiger partial charge in [-0.05, 0) is 31.9 Å². The van der Waals surface area contributed by atoms with Gasteiger partial charge >= 0.3 is 0 Å². The Labute approximate surface area is 125 Å². The van der Waals surface area contributed by atoms with Crippen molar-refractivity contribution in [3.8, 4) is 0 Å². The zero-order valence-electron chi connectivity index (χ0n) is 11.9. The van der Waals surface area contributed by atoms with Gasteiger partial charge in [0.1, 0.15) is 0 Å². The average molecular weight is 293 g/mol. The molecule has 0 spiro atoms. The number of carbonyl (C=O) groups is 1. The molecule has 1 atom stereocenters. The van der Waals surface area contributed by atoms with Crippen LogP contribution in [0.5, 0.6) is 0 Å². The summed E-state index contributed by atoms with van der Waals surface area (Å²) in [6, 6.07) is 8.03. The van der Waals surface area contributed by atoms with Crippen LogP contribution in [-0.2, 0) is 0 Å². The third-order valence-corrected chi connectivity index (χ3v) is 4.68. The molecule has 1 aromatic carbocycles. The van der Waals surface area contributed by atoms with Gasteiger partial charge in [0, 0.05) is 42.8 Å². The largest absolute Gasteiger partial charge is 0.298 e. The Hall–Kier alpha value is -0.900. The molecule has 3 nitrogen and oxygen atoms in total. The number of piperazine rings is 1. The summed E-state index contributed by atoms with van der Waals surface area (Å²) in [4.78, 5) is 17.4. The van der Waals surface area contributed by atoms with Gasteiger partial charge in [0.25, 0.3) is 0 Å². The van der Waals surface area contributed by atoms with E-state index in [0.717, 1.165) is 37.8 Å². The smallest absolute Gasteiger partial charge is 0.179 e. The van der Waals surface area contributed by atoms with Crippen molar-refractivity contribution in [1.29, 1.82) is 0 Å². The maximum absolute atomic E-state index is 12.5. The van der Waals surface area contributed by atoms with Crippen molar-refractivity contribution < 1.29 is 4.79 Å². The molecule has 0 radical (unpaired) electrons. The van der Waals surface area contributed by atoms with Gasteiger partial charge in [0.2, 0.25) is 0 Å². The zero-order valence-corrected chi connectivity index (χ0v) is 12.6.